The highest BCUT2D eigenvalue weighted by Crippen LogP contribution is 2.51. The van der Waals surface area contributed by atoms with Crippen molar-refractivity contribution in [2.75, 3.05) is 13.9 Å². The molecule has 2 aromatic rings. The predicted octanol–water partition coefficient (Wildman–Crippen LogP) is 5.86. The van der Waals surface area contributed by atoms with E-state index in [4.69, 9.17) is 14.2 Å². The summed E-state index contributed by atoms with van der Waals surface area (Å²) < 4.78 is 16.4. The number of aliphatic hydroxyl groups excluding tert-OH is 1. The highest BCUT2D eigenvalue weighted by molar-refractivity contribution is 7.12. The van der Waals surface area contributed by atoms with Crippen molar-refractivity contribution in [3.63, 3.8) is 0 Å². The van der Waals surface area contributed by atoms with E-state index in [0.29, 0.717) is 32.3 Å². The second-order valence-corrected chi connectivity index (χ2v) is 10.6. The third-order valence-electron chi connectivity index (χ3n) is 6.77. The highest BCUT2D eigenvalue weighted by Gasteiger charge is 2.52. The minimum Gasteiger partial charge on any atom is -0.504 e. The maximum absolute atomic E-state index is 13.6. The monoisotopic (exact) mass is 498 g/mol. The number of ether oxygens (including phenoxy) is 3. The van der Waals surface area contributed by atoms with Crippen molar-refractivity contribution in [3.05, 3.63) is 69.1 Å². The zero-order chi connectivity index (χ0) is 24.8. The Balaban J connectivity index is 1.56. The van der Waals surface area contributed by atoms with Gasteiger partial charge in [-0.15, -0.1) is 11.3 Å². The minimum atomic E-state index is -1.29. The summed E-state index contributed by atoms with van der Waals surface area (Å²) in [7, 11) is 1.57. The molecule has 188 valence electrons. The van der Waals surface area contributed by atoms with Gasteiger partial charge in [0.05, 0.1) is 12.2 Å². The summed E-state index contributed by atoms with van der Waals surface area (Å²) in [5, 5.41) is 11.2. The first-order chi connectivity index (χ1) is 17.0. The Morgan fingerprint density at radius 3 is 2.60 bits per heavy atom. The number of thiophene rings is 1. The van der Waals surface area contributed by atoms with Crippen LogP contribution in [0.3, 0.4) is 0 Å². The largest absolute Gasteiger partial charge is 0.504 e. The fourth-order valence-corrected chi connectivity index (χ4v) is 6.13. The van der Waals surface area contributed by atoms with Crippen LogP contribution >= 0.6 is 11.3 Å². The number of carbonyl (C=O) groups excluding carboxylic acids is 2. The van der Waals surface area contributed by atoms with E-state index in [1.165, 1.54) is 16.9 Å². The lowest BCUT2D eigenvalue weighted by Crippen LogP contribution is -2.49. The molecule has 1 aliphatic carbocycles. The van der Waals surface area contributed by atoms with Gasteiger partial charge in [-0.25, -0.2) is 4.79 Å². The third-order valence-corrected chi connectivity index (χ3v) is 7.92. The number of benzene rings is 1. The smallest absolute Gasteiger partial charge is 0.339 e. The Labute approximate surface area is 210 Å². The Bertz CT molecular complexity index is 1050. The number of Topliss-reactive ketones (excluding diaryl/α,β-unsaturated/α-hetero) is 1. The van der Waals surface area contributed by atoms with Crippen LogP contribution in [0.1, 0.15) is 66.7 Å². The topological polar surface area (TPSA) is 82.1 Å². The lowest BCUT2D eigenvalue weighted by atomic mass is 9.80. The molecule has 1 aromatic heterocycles. The fraction of sp³-hybridized carbons (Fsp3) is 0.500. The zero-order valence-corrected chi connectivity index (χ0v) is 21.3. The standard InChI is InChI=1S/C28H34O6S/c1-3-15-28(16-7-10-19-8-5-4-6-9-19)26(30)25(29)24(27(31)34-28)23(20-11-12-20)22-14-13-21(35-22)17-33-18-32-2/h4-6,8-9,13-14,20,23,29H,3,7,10-12,15-18H2,1-2H3. The number of carbonyl (C=O) groups is 2. The molecule has 4 rings (SSSR count). The van der Waals surface area contributed by atoms with Gasteiger partial charge in [-0.3, -0.25) is 4.79 Å². The Morgan fingerprint density at radius 1 is 1.14 bits per heavy atom. The summed E-state index contributed by atoms with van der Waals surface area (Å²) in [6, 6.07) is 14.0. The van der Waals surface area contributed by atoms with Crippen LogP contribution in [0.2, 0.25) is 0 Å². The molecular formula is C28H34O6S. The number of hydrogen-bond acceptors (Lipinski definition) is 7. The average Bonchev–Trinajstić information content (AvgIpc) is 3.59. The van der Waals surface area contributed by atoms with Crippen molar-refractivity contribution in [2.45, 2.75) is 70.0 Å². The molecule has 2 atom stereocenters. The average molecular weight is 499 g/mol. The molecule has 1 fully saturated rings. The molecule has 2 heterocycles. The quantitative estimate of drug-likeness (QED) is 0.212. The number of aryl methyl sites for hydroxylation is 1. The molecule has 35 heavy (non-hydrogen) atoms. The molecule has 6 nitrogen and oxygen atoms in total. The number of ketones is 1. The van der Waals surface area contributed by atoms with E-state index >= 15 is 0 Å². The van der Waals surface area contributed by atoms with E-state index < -0.39 is 23.1 Å². The molecule has 1 aromatic carbocycles. The van der Waals surface area contributed by atoms with Crippen LogP contribution in [0, 0.1) is 5.92 Å². The summed E-state index contributed by atoms with van der Waals surface area (Å²) in [5.41, 5.74) is 0.00105. The normalized spacial score (nSPS) is 21.3. The summed E-state index contributed by atoms with van der Waals surface area (Å²) in [6.45, 7) is 2.57. The van der Waals surface area contributed by atoms with Crippen LogP contribution in [0.15, 0.2) is 53.8 Å². The number of esters is 1. The van der Waals surface area contributed by atoms with Gasteiger partial charge in [-0.1, -0.05) is 43.7 Å². The second-order valence-electron chi connectivity index (χ2n) is 9.44. The van der Waals surface area contributed by atoms with Gasteiger partial charge in [-0.05, 0) is 62.1 Å². The molecule has 2 unspecified atom stereocenters. The predicted molar refractivity (Wildman–Crippen MR) is 134 cm³/mol. The molecule has 0 saturated heterocycles. The minimum absolute atomic E-state index is 0.124. The molecule has 0 bridgehead atoms. The molecule has 1 aliphatic heterocycles. The first kappa shape index (κ1) is 25.6. The fourth-order valence-electron chi connectivity index (χ4n) is 4.97. The summed E-state index contributed by atoms with van der Waals surface area (Å²) in [6.07, 6.45) is 4.84. The van der Waals surface area contributed by atoms with Crippen molar-refractivity contribution in [1.82, 2.24) is 0 Å². The SMILES string of the molecule is CCCC1(CCCc2ccccc2)OC(=O)C(C(c2ccc(COCOC)s2)C2CC2)=C(O)C1=O. The van der Waals surface area contributed by atoms with Gasteiger partial charge >= 0.3 is 5.97 Å². The van der Waals surface area contributed by atoms with E-state index in [9.17, 15) is 14.7 Å². The molecule has 1 N–H and O–H groups in total. The molecule has 0 radical (unpaired) electrons. The Kier molecular flexibility index (Phi) is 8.42. The van der Waals surface area contributed by atoms with Crippen molar-refractivity contribution in [3.8, 4) is 0 Å². The second kappa shape index (κ2) is 11.5. The molecule has 7 heteroatoms. The van der Waals surface area contributed by atoms with Crippen molar-refractivity contribution >= 4 is 23.1 Å². The van der Waals surface area contributed by atoms with E-state index in [1.807, 2.05) is 49.4 Å². The maximum Gasteiger partial charge on any atom is 0.339 e. The summed E-state index contributed by atoms with van der Waals surface area (Å²) in [4.78, 5) is 28.9. The van der Waals surface area contributed by atoms with Gasteiger partial charge in [0.1, 0.15) is 6.79 Å². The van der Waals surface area contributed by atoms with Crippen LogP contribution in [-0.4, -0.2) is 36.4 Å². The Morgan fingerprint density at radius 2 is 1.91 bits per heavy atom. The number of aliphatic hydroxyl groups is 1. The number of methoxy groups -OCH3 is 1. The summed E-state index contributed by atoms with van der Waals surface area (Å²) >= 11 is 1.54. The molecule has 0 amide bonds. The van der Waals surface area contributed by atoms with Crippen LogP contribution in [0.5, 0.6) is 0 Å². The lowest BCUT2D eigenvalue weighted by Gasteiger charge is -2.37. The number of rotatable bonds is 13. The van der Waals surface area contributed by atoms with Gasteiger partial charge < -0.3 is 19.3 Å². The molecule has 0 spiro atoms. The molecular weight excluding hydrogens is 464 g/mol. The first-order valence-corrected chi connectivity index (χ1v) is 13.2. The molecule has 1 saturated carbocycles. The highest BCUT2D eigenvalue weighted by atomic mass is 32.1. The van der Waals surface area contributed by atoms with E-state index in [0.717, 1.165) is 29.0 Å². The number of cyclic esters (lactones) is 1. The zero-order valence-electron chi connectivity index (χ0n) is 20.5. The lowest BCUT2D eigenvalue weighted by molar-refractivity contribution is -0.169. The van der Waals surface area contributed by atoms with Crippen LogP contribution in [-0.2, 0) is 36.8 Å². The van der Waals surface area contributed by atoms with Crippen LogP contribution < -0.4 is 0 Å². The first-order valence-electron chi connectivity index (χ1n) is 12.4. The van der Waals surface area contributed by atoms with Gasteiger partial charge in [0, 0.05) is 22.8 Å². The van der Waals surface area contributed by atoms with Crippen LogP contribution in [0.4, 0.5) is 0 Å². The van der Waals surface area contributed by atoms with Gasteiger partial charge in [0.2, 0.25) is 5.78 Å². The van der Waals surface area contributed by atoms with Crippen LogP contribution in [0.25, 0.3) is 0 Å². The molecule has 2 aliphatic rings. The number of hydrogen-bond donors (Lipinski definition) is 1. The Hall–Kier alpha value is -2.48. The van der Waals surface area contributed by atoms with Crippen molar-refractivity contribution in [2.24, 2.45) is 5.92 Å². The van der Waals surface area contributed by atoms with Crippen molar-refractivity contribution in [1.29, 1.82) is 0 Å². The maximum atomic E-state index is 13.6. The van der Waals surface area contributed by atoms with E-state index in [-0.39, 0.29) is 24.2 Å². The van der Waals surface area contributed by atoms with Gasteiger partial charge in [0.25, 0.3) is 0 Å². The van der Waals surface area contributed by atoms with Gasteiger partial charge in [0.15, 0.2) is 11.4 Å². The van der Waals surface area contributed by atoms with Crippen molar-refractivity contribution < 1.29 is 28.9 Å². The van der Waals surface area contributed by atoms with Gasteiger partial charge in [-0.2, -0.15) is 0 Å². The van der Waals surface area contributed by atoms with E-state index in [2.05, 4.69) is 0 Å². The van der Waals surface area contributed by atoms with E-state index in [1.54, 1.807) is 7.11 Å². The summed E-state index contributed by atoms with van der Waals surface area (Å²) in [5.74, 6) is -1.53. The third kappa shape index (κ3) is 5.85.